The van der Waals surface area contributed by atoms with Crippen molar-refractivity contribution in [3.05, 3.63) is 65.0 Å². The number of aryl methyl sites for hydroxylation is 1. The molecule has 1 unspecified atom stereocenters. The summed E-state index contributed by atoms with van der Waals surface area (Å²) in [6.45, 7) is 5.39. The van der Waals surface area contributed by atoms with Gasteiger partial charge in [-0.2, -0.15) is 0 Å². The lowest BCUT2D eigenvalue weighted by Gasteiger charge is -2.23. The minimum absolute atomic E-state index is 0.153. The molecular weight excluding hydrogens is 428 g/mol. The first-order chi connectivity index (χ1) is 15.5. The molecule has 0 radical (unpaired) electrons. The molecule has 1 fully saturated rings. The first-order valence-corrected chi connectivity index (χ1v) is 11.2. The van der Waals surface area contributed by atoms with Gasteiger partial charge in [0.25, 0.3) is 5.91 Å². The number of carbonyl (C=O) groups is 1. The van der Waals surface area contributed by atoms with Crippen molar-refractivity contribution in [2.24, 2.45) is 0 Å². The maximum absolute atomic E-state index is 12.9. The second-order valence-corrected chi connectivity index (χ2v) is 8.29. The summed E-state index contributed by atoms with van der Waals surface area (Å²) in [6.07, 6.45) is 7.60. The van der Waals surface area contributed by atoms with Crippen molar-refractivity contribution < 1.29 is 9.53 Å². The quantitative estimate of drug-likeness (QED) is 0.558. The lowest BCUT2D eigenvalue weighted by Crippen LogP contribution is -2.28. The van der Waals surface area contributed by atoms with E-state index in [9.17, 15) is 4.79 Å². The average Bonchev–Trinajstić information content (AvgIpc) is 3.29. The molecule has 4 rings (SSSR count). The molecule has 0 aliphatic carbocycles. The Bertz CT molecular complexity index is 1080. The van der Waals surface area contributed by atoms with Gasteiger partial charge in [0.15, 0.2) is 5.82 Å². The number of carbonyl (C=O) groups excluding carboxylic acids is 1. The van der Waals surface area contributed by atoms with E-state index in [1.807, 2.05) is 38.1 Å². The first-order valence-electron chi connectivity index (χ1n) is 10.8. The number of halogens is 1. The number of amides is 1. The summed E-state index contributed by atoms with van der Waals surface area (Å²) in [4.78, 5) is 26.3. The van der Waals surface area contributed by atoms with Crippen molar-refractivity contribution in [1.82, 2.24) is 24.8 Å². The van der Waals surface area contributed by atoms with Crippen molar-refractivity contribution in [2.45, 2.75) is 45.2 Å². The molecule has 1 aliphatic heterocycles. The Kier molecular flexibility index (Phi) is 7.02. The van der Waals surface area contributed by atoms with Crippen LogP contribution in [0.15, 0.2) is 43.0 Å². The molecule has 3 heterocycles. The van der Waals surface area contributed by atoms with Crippen LogP contribution in [-0.2, 0) is 4.74 Å². The zero-order chi connectivity index (χ0) is 22.5. The monoisotopic (exact) mass is 454 g/mol. The topological polar surface area (TPSA) is 94.0 Å². The van der Waals surface area contributed by atoms with E-state index in [0.717, 1.165) is 43.7 Å². The lowest BCUT2D eigenvalue weighted by molar-refractivity contribution is 0.0903. The molecule has 0 spiro atoms. The van der Waals surface area contributed by atoms with Crippen LogP contribution in [0.3, 0.4) is 0 Å². The van der Waals surface area contributed by atoms with Gasteiger partial charge in [-0.05, 0) is 43.9 Å². The van der Waals surface area contributed by atoms with Gasteiger partial charge in [0.2, 0.25) is 0 Å². The molecule has 8 nitrogen and oxygen atoms in total. The van der Waals surface area contributed by atoms with Crippen LogP contribution in [0.2, 0.25) is 5.02 Å². The van der Waals surface area contributed by atoms with Gasteiger partial charge < -0.3 is 15.4 Å². The number of benzene rings is 1. The molecule has 0 bridgehead atoms. The zero-order valence-corrected chi connectivity index (χ0v) is 19.0. The van der Waals surface area contributed by atoms with Gasteiger partial charge in [0.1, 0.15) is 17.8 Å². The van der Waals surface area contributed by atoms with E-state index in [1.165, 1.54) is 0 Å². The third kappa shape index (κ3) is 5.26. The average molecular weight is 455 g/mol. The fourth-order valence-electron chi connectivity index (χ4n) is 3.74. The van der Waals surface area contributed by atoms with E-state index in [-0.39, 0.29) is 11.9 Å². The highest BCUT2D eigenvalue weighted by Crippen LogP contribution is 2.21. The number of nitrogens with zero attached hydrogens (tertiary/aromatic N) is 4. The summed E-state index contributed by atoms with van der Waals surface area (Å²) in [5.41, 5.74) is 2.02. The Morgan fingerprint density at radius 2 is 2.12 bits per heavy atom. The SMILES string of the molecule is CCC(NC(=O)c1cn(-c2nc(NC3CCOCC3)cnc2C)cn1)c1cccc(Cl)c1. The summed E-state index contributed by atoms with van der Waals surface area (Å²) < 4.78 is 7.14. The summed E-state index contributed by atoms with van der Waals surface area (Å²) in [5, 5.41) is 7.11. The molecule has 2 N–H and O–H groups in total. The highest BCUT2D eigenvalue weighted by Gasteiger charge is 2.18. The van der Waals surface area contributed by atoms with Crippen LogP contribution in [0.4, 0.5) is 5.82 Å². The Balaban J connectivity index is 1.49. The molecule has 3 aromatic rings. The van der Waals surface area contributed by atoms with Crippen molar-refractivity contribution in [1.29, 1.82) is 0 Å². The minimum atomic E-state index is -0.252. The van der Waals surface area contributed by atoms with Crippen LogP contribution in [0.1, 0.15) is 54.0 Å². The number of imidazole rings is 1. The predicted octanol–water partition coefficient (Wildman–Crippen LogP) is 4.10. The van der Waals surface area contributed by atoms with Crippen LogP contribution in [0, 0.1) is 6.92 Å². The summed E-state index contributed by atoms with van der Waals surface area (Å²) >= 11 is 6.11. The Morgan fingerprint density at radius 1 is 1.31 bits per heavy atom. The summed E-state index contributed by atoms with van der Waals surface area (Å²) in [5.74, 6) is 1.08. The normalized spacial score (nSPS) is 15.3. The van der Waals surface area contributed by atoms with Crippen LogP contribution >= 0.6 is 11.6 Å². The van der Waals surface area contributed by atoms with E-state index in [1.54, 1.807) is 23.3 Å². The molecule has 1 saturated heterocycles. The van der Waals surface area contributed by atoms with E-state index < -0.39 is 0 Å². The van der Waals surface area contributed by atoms with Crippen molar-refractivity contribution in [2.75, 3.05) is 18.5 Å². The standard InChI is InChI=1S/C23H27ClN6O2/c1-3-19(16-5-4-6-17(24)11-16)28-23(31)20-13-30(14-26-20)22-15(2)25-12-21(29-22)27-18-7-9-32-10-8-18/h4-6,11-14,18-19H,3,7-10H2,1-2H3,(H,27,29)(H,28,31). The van der Waals surface area contributed by atoms with Crippen LogP contribution in [-0.4, -0.2) is 44.7 Å². The Labute approximate surface area is 192 Å². The predicted molar refractivity (Wildman–Crippen MR) is 123 cm³/mol. The van der Waals surface area contributed by atoms with Gasteiger partial charge >= 0.3 is 0 Å². The highest BCUT2D eigenvalue weighted by atomic mass is 35.5. The van der Waals surface area contributed by atoms with Crippen molar-refractivity contribution in [3.63, 3.8) is 0 Å². The molecule has 1 aromatic carbocycles. The maximum Gasteiger partial charge on any atom is 0.271 e. The fraction of sp³-hybridized carbons (Fsp3) is 0.391. The zero-order valence-electron chi connectivity index (χ0n) is 18.2. The molecule has 32 heavy (non-hydrogen) atoms. The minimum Gasteiger partial charge on any atom is -0.381 e. The van der Waals surface area contributed by atoms with Crippen LogP contribution in [0.5, 0.6) is 0 Å². The Morgan fingerprint density at radius 3 is 2.88 bits per heavy atom. The summed E-state index contributed by atoms with van der Waals surface area (Å²) in [7, 11) is 0. The molecule has 1 amide bonds. The number of aromatic nitrogens is 4. The van der Waals surface area contributed by atoms with Gasteiger partial charge in [-0.1, -0.05) is 30.7 Å². The molecule has 9 heteroatoms. The second-order valence-electron chi connectivity index (χ2n) is 7.85. The molecule has 2 aromatic heterocycles. The van der Waals surface area contributed by atoms with E-state index in [4.69, 9.17) is 21.3 Å². The Hall–Kier alpha value is -2.97. The molecular formula is C23H27ClN6O2. The third-order valence-electron chi connectivity index (χ3n) is 5.53. The van der Waals surface area contributed by atoms with Gasteiger partial charge in [-0.15, -0.1) is 0 Å². The number of anilines is 1. The number of hydrogen-bond acceptors (Lipinski definition) is 6. The first kappa shape index (κ1) is 22.2. The van der Waals surface area contributed by atoms with Crippen molar-refractivity contribution >= 4 is 23.3 Å². The summed E-state index contributed by atoms with van der Waals surface area (Å²) in [6, 6.07) is 7.67. The molecule has 168 valence electrons. The number of rotatable bonds is 7. The van der Waals surface area contributed by atoms with Gasteiger partial charge in [0.05, 0.1) is 17.9 Å². The number of nitrogens with one attached hydrogen (secondary N) is 2. The van der Waals surface area contributed by atoms with Crippen LogP contribution < -0.4 is 10.6 Å². The van der Waals surface area contributed by atoms with Crippen LogP contribution in [0.25, 0.3) is 5.82 Å². The second kappa shape index (κ2) is 10.1. The fourth-order valence-corrected chi connectivity index (χ4v) is 3.94. The third-order valence-corrected chi connectivity index (χ3v) is 5.76. The van der Waals surface area contributed by atoms with E-state index in [2.05, 4.69) is 20.6 Å². The largest absolute Gasteiger partial charge is 0.381 e. The molecule has 1 atom stereocenters. The van der Waals surface area contributed by atoms with Gasteiger partial charge in [-0.3, -0.25) is 14.3 Å². The number of hydrogen-bond donors (Lipinski definition) is 2. The van der Waals surface area contributed by atoms with Crippen molar-refractivity contribution in [3.8, 4) is 5.82 Å². The highest BCUT2D eigenvalue weighted by molar-refractivity contribution is 6.30. The van der Waals surface area contributed by atoms with E-state index in [0.29, 0.717) is 28.4 Å². The lowest BCUT2D eigenvalue weighted by atomic mass is 10.0. The molecule has 0 saturated carbocycles. The van der Waals surface area contributed by atoms with E-state index >= 15 is 0 Å². The van der Waals surface area contributed by atoms with Gasteiger partial charge in [-0.25, -0.2) is 9.97 Å². The van der Waals surface area contributed by atoms with Gasteiger partial charge in [0, 0.05) is 30.5 Å². The molecule has 1 aliphatic rings. The number of ether oxygens (including phenoxy) is 1. The smallest absolute Gasteiger partial charge is 0.271 e. The maximum atomic E-state index is 12.9.